The first kappa shape index (κ1) is 28.2. The molecule has 0 radical (unpaired) electrons. The molecule has 1 atom stereocenters. The highest BCUT2D eigenvalue weighted by atomic mass is 35.5. The van der Waals surface area contributed by atoms with Crippen LogP contribution in [0.25, 0.3) is 0 Å². The first-order valence-corrected chi connectivity index (χ1v) is 14.0. The molecule has 2 amide bonds. The number of nitrogens with one attached hydrogen (secondary N) is 1. The van der Waals surface area contributed by atoms with E-state index < -0.39 is 28.5 Å². The molecule has 3 aromatic rings. The Morgan fingerprint density at radius 3 is 2.24 bits per heavy atom. The average molecular weight is 542 g/mol. The number of halogens is 1. The lowest BCUT2D eigenvalue weighted by molar-refractivity contribution is -0.140. The topological polar surface area (TPSA) is 86.8 Å². The minimum Gasteiger partial charge on any atom is -0.355 e. The van der Waals surface area contributed by atoms with Gasteiger partial charge in [-0.15, -0.1) is 0 Å². The first-order valence-electron chi connectivity index (χ1n) is 12.1. The van der Waals surface area contributed by atoms with Crippen molar-refractivity contribution >= 4 is 39.1 Å². The van der Waals surface area contributed by atoms with Crippen molar-refractivity contribution in [1.82, 2.24) is 10.2 Å². The van der Waals surface area contributed by atoms with Crippen molar-refractivity contribution in [2.45, 2.75) is 44.7 Å². The van der Waals surface area contributed by atoms with Crippen molar-refractivity contribution in [1.29, 1.82) is 0 Å². The molecule has 0 aromatic heterocycles. The zero-order valence-electron chi connectivity index (χ0n) is 21.2. The van der Waals surface area contributed by atoms with Crippen LogP contribution in [0.15, 0.2) is 83.8 Å². The molecule has 0 aliphatic heterocycles. The second-order valence-corrected chi connectivity index (χ2v) is 10.9. The van der Waals surface area contributed by atoms with E-state index in [0.29, 0.717) is 18.0 Å². The van der Waals surface area contributed by atoms with Crippen LogP contribution in [0.4, 0.5) is 5.69 Å². The van der Waals surface area contributed by atoms with E-state index in [1.54, 1.807) is 36.4 Å². The molecular weight excluding hydrogens is 510 g/mol. The third-order valence-corrected chi connectivity index (χ3v) is 8.07. The SMILES string of the molecule is CCNC(=O)[C@H](CC)N(Cc1ccccc1C)C(=O)CN(c1cccc(Cl)c1)S(=O)(=O)c1ccccc1. The van der Waals surface area contributed by atoms with E-state index in [2.05, 4.69) is 5.32 Å². The van der Waals surface area contributed by atoms with Crippen LogP contribution in [0, 0.1) is 6.92 Å². The van der Waals surface area contributed by atoms with Gasteiger partial charge in [0.1, 0.15) is 12.6 Å². The summed E-state index contributed by atoms with van der Waals surface area (Å²) in [7, 11) is -4.12. The van der Waals surface area contributed by atoms with Gasteiger partial charge in [-0.25, -0.2) is 8.42 Å². The molecule has 0 saturated carbocycles. The van der Waals surface area contributed by atoms with Gasteiger partial charge in [0.15, 0.2) is 0 Å². The third-order valence-electron chi connectivity index (χ3n) is 6.05. The van der Waals surface area contributed by atoms with E-state index in [1.807, 2.05) is 45.0 Å². The van der Waals surface area contributed by atoms with Gasteiger partial charge in [0, 0.05) is 18.1 Å². The number of sulfonamides is 1. The van der Waals surface area contributed by atoms with Crippen LogP contribution in [0.3, 0.4) is 0 Å². The van der Waals surface area contributed by atoms with Crippen LogP contribution in [0.2, 0.25) is 5.02 Å². The standard InChI is InChI=1S/C28H32ClN3O4S/c1-4-26(28(34)30-5-2)31(19-22-13-10-9-12-21(22)3)27(33)20-32(24-15-11-14-23(29)18-24)37(35,36)25-16-7-6-8-17-25/h6-18,26H,4-5,19-20H2,1-3H3,(H,30,34)/t26-/m0/s1. The normalized spacial score (nSPS) is 12.0. The van der Waals surface area contributed by atoms with Gasteiger partial charge in [-0.2, -0.15) is 0 Å². The molecule has 0 unspecified atom stereocenters. The van der Waals surface area contributed by atoms with E-state index >= 15 is 0 Å². The molecule has 3 rings (SSSR count). The lowest BCUT2D eigenvalue weighted by atomic mass is 10.1. The second-order valence-electron chi connectivity index (χ2n) is 8.57. The fourth-order valence-corrected chi connectivity index (χ4v) is 5.67. The Labute approximate surface area is 224 Å². The average Bonchev–Trinajstić information content (AvgIpc) is 2.88. The van der Waals surface area contributed by atoms with Crippen LogP contribution in [-0.4, -0.2) is 44.3 Å². The first-order chi connectivity index (χ1) is 17.7. The summed E-state index contributed by atoms with van der Waals surface area (Å²) in [6, 6.07) is 21.1. The summed E-state index contributed by atoms with van der Waals surface area (Å²) in [6.45, 7) is 5.65. The van der Waals surface area contributed by atoms with E-state index in [1.165, 1.54) is 23.1 Å². The van der Waals surface area contributed by atoms with Crippen molar-refractivity contribution in [3.63, 3.8) is 0 Å². The minimum absolute atomic E-state index is 0.0454. The molecule has 0 spiro atoms. The van der Waals surface area contributed by atoms with Crippen molar-refractivity contribution in [3.05, 3.63) is 95.0 Å². The van der Waals surface area contributed by atoms with Crippen LogP contribution in [0.1, 0.15) is 31.4 Å². The summed E-state index contributed by atoms with van der Waals surface area (Å²) in [5.41, 5.74) is 2.10. The van der Waals surface area contributed by atoms with Crippen molar-refractivity contribution in [2.75, 3.05) is 17.4 Å². The van der Waals surface area contributed by atoms with Crippen LogP contribution in [0.5, 0.6) is 0 Å². The van der Waals surface area contributed by atoms with Crippen LogP contribution >= 0.6 is 11.6 Å². The highest BCUT2D eigenvalue weighted by molar-refractivity contribution is 7.92. The van der Waals surface area contributed by atoms with E-state index in [9.17, 15) is 18.0 Å². The molecular formula is C28H32ClN3O4S. The van der Waals surface area contributed by atoms with E-state index in [-0.39, 0.29) is 23.0 Å². The predicted octanol–water partition coefficient (Wildman–Crippen LogP) is 4.79. The molecule has 7 nitrogen and oxygen atoms in total. The number of nitrogens with zero attached hydrogens (tertiary/aromatic N) is 2. The lowest BCUT2D eigenvalue weighted by Gasteiger charge is -2.33. The number of amides is 2. The molecule has 37 heavy (non-hydrogen) atoms. The Bertz CT molecular complexity index is 1330. The zero-order chi connectivity index (χ0) is 27.0. The summed E-state index contributed by atoms with van der Waals surface area (Å²) in [4.78, 5) is 28.4. The van der Waals surface area contributed by atoms with Gasteiger partial charge < -0.3 is 10.2 Å². The third kappa shape index (κ3) is 6.90. The molecule has 9 heteroatoms. The predicted molar refractivity (Wildman–Crippen MR) is 147 cm³/mol. The molecule has 0 heterocycles. The number of anilines is 1. The van der Waals surface area contributed by atoms with Gasteiger partial charge in [-0.05, 0) is 61.7 Å². The summed E-state index contributed by atoms with van der Waals surface area (Å²) < 4.78 is 28.5. The summed E-state index contributed by atoms with van der Waals surface area (Å²) in [5.74, 6) is -0.784. The fourth-order valence-electron chi connectivity index (χ4n) is 4.06. The molecule has 0 aliphatic carbocycles. The van der Waals surface area contributed by atoms with Crippen LogP contribution in [-0.2, 0) is 26.2 Å². The summed E-state index contributed by atoms with van der Waals surface area (Å²) in [5, 5.41) is 3.14. The van der Waals surface area contributed by atoms with Crippen molar-refractivity contribution < 1.29 is 18.0 Å². The van der Waals surface area contributed by atoms with E-state index in [0.717, 1.165) is 15.4 Å². The zero-order valence-corrected chi connectivity index (χ0v) is 22.8. The largest absolute Gasteiger partial charge is 0.355 e. The number of aryl methyl sites for hydroxylation is 1. The molecule has 3 aromatic carbocycles. The maximum Gasteiger partial charge on any atom is 0.264 e. The number of rotatable bonds is 11. The Morgan fingerprint density at radius 2 is 1.62 bits per heavy atom. The quantitative estimate of drug-likeness (QED) is 0.378. The molecule has 1 N–H and O–H groups in total. The number of carbonyl (C=O) groups excluding carboxylic acids is 2. The molecule has 196 valence electrons. The smallest absolute Gasteiger partial charge is 0.264 e. The highest BCUT2D eigenvalue weighted by Gasteiger charge is 2.33. The maximum atomic E-state index is 13.9. The Hall–Kier alpha value is -3.36. The Balaban J connectivity index is 2.06. The monoisotopic (exact) mass is 541 g/mol. The fraction of sp³-hybridized carbons (Fsp3) is 0.286. The van der Waals surface area contributed by atoms with Gasteiger partial charge in [0.05, 0.1) is 10.6 Å². The maximum absolute atomic E-state index is 13.9. The second kappa shape index (κ2) is 12.7. The van der Waals surface area contributed by atoms with Gasteiger partial charge in [-0.3, -0.25) is 13.9 Å². The molecule has 0 saturated heterocycles. The number of likely N-dealkylation sites (N-methyl/N-ethyl adjacent to an activating group) is 1. The van der Waals surface area contributed by atoms with Gasteiger partial charge in [0.25, 0.3) is 10.0 Å². The van der Waals surface area contributed by atoms with Crippen LogP contribution < -0.4 is 9.62 Å². The molecule has 0 aliphatic rings. The van der Waals surface area contributed by atoms with Crippen molar-refractivity contribution in [2.24, 2.45) is 0 Å². The Kier molecular flexibility index (Phi) is 9.72. The summed E-state index contributed by atoms with van der Waals surface area (Å²) >= 11 is 6.19. The Morgan fingerprint density at radius 1 is 0.946 bits per heavy atom. The molecule has 0 fully saturated rings. The number of hydrogen-bond acceptors (Lipinski definition) is 4. The summed E-state index contributed by atoms with van der Waals surface area (Å²) in [6.07, 6.45) is 0.367. The highest BCUT2D eigenvalue weighted by Crippen LogP contribution is 2.27. The molecule has 0 bridgehead atoms. The number of carbonyl (C=O) groups is 2. The van der Waals surface area contributed by atoms with Gasteiger partial charge >= 0.3 is 0 Å². The minimum atomic E-state index is -4.12. The van der Waals surface area contributed by atoms with Gasteiger partial charge in [-0.1, -0.05) is 67.1 Å². The lowest BCUT2D eigenvalue weighted by Crippen LogP contribution is -2.52. The number of benzene rings is 3. The van der Waals surface area contributed by atoms with Crippen molar-refractivity contribution in [3.8, 4) is 0 Å². The number of hydrogen-bond donors (Lipinski definition) is 1. The van der Waals surface area contributed by atoms with Gasteiger partial charge in [0.2, 0.25) is 11.8 Å². The van der Waals surface area contributed by atoms with E-state index in [4.69, 9.17) is 11.6 Å².